The summed E-state index contributed by atoms with van der Waals surface area (Å²) in [4.78, 5) is 0.104. The zero-order valence-corrected chi connectivity index (χ0v) is 13.9. The molecule has 0 aliphatic carbocycles. The lowest BCUT2D eigenvalue weighted by molar-refractivity contribution is -0.0498. The molecule has 9 heteroatoms. The first-order valence-corrected chi connectivity index (χ1v) is 8.18. The molecular formula is C14H17F2N3O3S. The van der Waals surface area contributed by atoms with Crippen molar-refractivity contribution in [2.45, 2.75) is 32.3 Å². The molecule has 126 valence electrons. The summed E-state index contributed by atoms with van der Waals surface area (Å²) in [6, 6.07) is 4.00. The van der Waals surface area contributed by atoms with Crippen LogP contribution in [0.5, 0.6) is 5.75 Å². The van der Waals surface area contributed by atoms with E-state index in [4.69, 9.17) is 0 Å². The van der Waals surface area contributed by atoms with Gasteiger partial charge in [0.2, 0.25) is 0 Å². The highest BCUT2D eigenvalue weighted by Gasteiger charge is 2.24. The van der Waals surface area contributed by atoms with E-state index < -0.39 is 16.6 Å². The van der Waals surface area contributed by atoms with E-state index in [1.165, 1.54) is 22.9 Å². The average Bonchev–Trinajstić information content (AvgIpc) is 2.66. The summed E-state index contributed by atoms with van der Waals surface area (Å²) >= 11 is 0. The minimum absolute atomic E-state index is 0.0332. The van der Waals surface area contributed by atoms with Crippen molar-refractivity contribution in [3.63, 3.8) is 0 Å². The van der Waals surface area contributed by atoms with Gasteiger partial charge >= 0.3 is 6.61 Å². The molecule has 2 aromatic rings. The van der Waals surface area contributed by atoms with E-state index in [0.29, 0.717) is 17.0 Å². The lowest BCUT2D eigenvalue weighted by Gasteiger charge is -2.12. The first kappa shape index (κ1) is 17.2. The number of aromatic nitrogens is 2. The van der Waals surface area contributed by atoms with E-state index >= 15 is 0 Å². The fourth-order valence-electron chi connectivity index (χ4n) is 2.27. The minimum Gasteiger partial charge on any atom is -0.435 e. The molecule has 0 spiro atoms. The second-order valence-corrected chi connectivity index (χ2v) is 6.70. The van der Waals surface area contributed by atoms with Gasteiger partial charge in [0, 0.05) is 7.05 Å². The lowest BCUT2D eigenvalue weighted by atomic mass is 10.2. The van der Waals surface area contributed by atoms with E-state index in [1.807, 2.05) is 0 Å². The van der Waals surface area contributed by atoms with E-state index in [1.54, 1.807) is 27.8 Å². The monoisotopic (exact) mass is 345 g/mol. The molecule has 0 unspecified atom stereocenters. The van der Waals surface area contributed by atoms with Crippen molar-refractivity contribution >= 4 is 15.7 Å². The molecule has 23 heavy (non-hydrogen) atoms. The van der Waals surface area contributed by atoms with Gasteiger partial charge in [0.1, 0.15) is 10.6 Å². The summed E-state index contributed by atoms with van der Waals surface area (Å²) in [5.74, 6) is -0.0332. The zero-order chi connectivity index (χ0) is 17.4. The van der Waals surface area contributed by atoms with E-state index in [-0.39, 0.29) is 16.3 Å². The predicted octanol–water partition coefficient (Wildman–Crippen LogP) is 2.75. The summed E-state index contributed by atoms with van der Waals surface area (Å²) < 4.78 is 57.7. The van der Waals surface area contributed by atoms with Crippen LogP contribution in [0.15, 0.2) is 23.1 Å². The van der Waals surface area contributed by atoms with Gasteiger partial charge in [-0.1, -0.05) is 0 Å². The Hall–Kier alpha value is -2.16. The molecule has 1 aromatic heterocycles. The number of hydrogen-bond donors (Lipinski definition) is 1. The molecule has 0 aliphatic heterocycles. The highest BCUT2D eigenvalue weighted by Crippen LogP contribution is 2.27. The van der Waals surface area contributed by atoms with Crippen molar-refractivity contribution in [1.29, 1.82) is 0 Å². The van der Waals surface area contributed by atoms with Crippen LogP contribution in [0.1, 0.15) is 17.0 Å². The van der Waals surface area contributed by atoms with Gasteiger partial charge in [-0.25, -0.2) is 8.42 Å². The van der Waals surface area contributed by atoms with Gasteiger partial charge < -0.3 is 4.74 Å². The molecule has 0 fully saturated rings. The van der Waals surface area contributed by atoms with Crippen molar-refractivity contribution in [3.8, 4) is 5.75 Å². The number of halogens is 2. The normalized spacial score (nSPS) is 11.8. The summed E-state index contributed by atoms with van der Waals surface area (Å²) in [5.41, 5.74) is 1.64. The summed E-state index contributed by atoms with van der Waals surface area (Å²) in [5, 5.41) is 4.08. The molecular weight excluding hydrogens is 328 g/mol. The maximum Gasteiger partial charge on any atom is 0.387 e. The second-order valence-electron chi connectivity index (χ2n) is 5.08. The molecule has 0 amide bonds. The molecule has 0 saturated heterocycles. The zero-order valence-electron chi connectivity index (χ0n) is 13.1. The van der Waals surface area contributed by atoms with Crippen LogP contribution in [0, 0.1) is 20.8 Å². The number of alkyl halides is 2. The topological polar surface area (TPSA) is 73.2 Å². The molecule has 1 N–H and O–H groups in total. The summed E-state index contributed by atoms with van der Waals surface area (Å²) in [6.45, 7) is 1.92. The Bertz CT molecular complexity index is 832. The highest BCUT2D eigenvalue weighted by atomic mass is 32.2. The fourth-order valence-corrected chi connectivity index (χ4v) is 3.84. The van der Waals surface area contributed by atoms with Crippen LogP contribution in [0.25, 0.3) is 0 Å². The van der Waals surface area contributed by atoms with Crippen molar-refractivity contribution in [1.82, 2.24) is 9.78 Å². The smallest absolute Gasteiger partial charge is 0.387 e. The molecule has 6 nitrogen and oxygen atoms in total. The standard InChI is InChI=1S/C14H17F2N3O3S/c1-8-7-11(22-14(15)16)5-6-12(8)18-23(20,21)13-9(2)17-19(4)10(13)3/h5-7,14,18H,1-4H3. The molecule has 0 radical (unpaired) electrons. The Morgan fingerprint density at radius 3 is 2.39 bits per heavy atom. The third kappa shape index (κ3) is 3.61. The first-order valence-electron chi connectivity index (χ1n) is 6.70. The number of nitrogens with zero attached hydrogens (tertiary/aromatic N) is 2. The largest absolute Gasteiger partial charge is 0.435 e. The van der Waals surface area contributed by atoms with Crippen LogP contribution in [0.4, 0.5) is 14.5 Å². The Balaban J connectivity index is 2.34. The number of rotatable bonds is 5. The van der Waals surface area contributed by atoms with Gasteiger partial charge in [0.15, 0.2) is 0 Å². The molecule has 0 aliphatic rings. The molecule has 0 bridgehead atoms. The van der Waals surface area contributed by atoms with Crippen molar-refractivity contribution in [2.75, 3.05) is 4.72 Å². The van der Waals surface area contributed by atoms with Gasteiger partial charge in [0.05, 0.1) is 17.1 Å². The van der Waals surface area contributed by atoms with Gasteiger partial charge in [-0.15, -0.1) is 0 Å². The number of nitrogens with one attached hydrogen (secondary N) is 1. The van der Waals surface area contributed by atoms with Crippen LogP contribution in [-0.2, 0) is 17.1 Å². The van der Waals surface area contributed by atoms with Crippen LogP contribution < -0.4 is 9.46 Å². The minimum atomic E-state index is -3.83. The third-order valence-corrected chi connectivity index (χ3v) is 5.00. The molecule has 1 heterocycles. The predicted molar refractivity (Wildman–Crippen MR) is 81.3 cm³/mol. The van der Waals surface area contributed by atoms with Gasteiger partial charge in [-0.2, -0.15) is 13.9 Å². The van der Waals surface area contributed by atoms with E-state index in [0.717, 1.165) is 0 Å². The number of sulfonamides is 1. The van der Waals surface area contributed by atoms with Crippen molar-refractivity contribution in [3.05, 3.63) is 35.2 Å². The van der Waals surface area contributed by atoms with E-state index in [9.17, 15) is 17.2 Å². The van der Waals surface area contributed by atoms with Crippen LogP contribution in [0.3, 0.4) is 0 Å². The Kier molecular flexibility index (Phi) is 4.60. The summed E-state index contributed by atoms with van der Waals surface area (Å²) in [7, 11) is -2.18. The summed E-state index contributed by atoms with van der Waals surface area (Å²) in [6.07, 6.45) is 0. The van der Waals surface area contributed by atoms with Crippen LogP contribution in [0.2, 0.25) is 0 Å². The number of ether oxygens (including phenoxy) is 1. The molecule has 1 aromatic carbocycles. The van der Waals surface area contributed by atoms with Gasteiger partial charge in [0.25, 0.3) is 10.0 Å². The fraction of sp³-hybridized carbons (Fsp3) is 0.357. The van der Waals surface area contributed by atoms with Crippen LogP contribution in [-0.4, -0.2) is 24.8 Å². The van der Waals surface area contributed by atoms with Crippen molar-refractivity contribution in [2.24, 2.45) is 7.05 Å². The van der Waals surface area contributed by atoms with Crippen LogP contribution >= 0.6 is 0 Å². The molecule has 2 rings (SSSR count). The Morgan fingerprint density at radius 2 is 1.91 bits per heavy atom. The number of aryl methyl sites for hydroxylation is 3. The molecule has 0 atom stereocenters. The van der Waals surface area contributed by atoms with Crippen molar-refractivity contribution < 1.29 is 21.9 Å². The SMILES string of the molecule is Cc1cc(OC(F)F)ccc1NS(=O)(=O)c1c(C)nn(C)c1C. The lowest BCUT2D eigenvalue weighted by Crippen LogP contribution is -2.15. The maximum atomic E-state index is 12.6. The number of hydrogen-bond acceptors (Lipinski definition) is 4. The van der Waals surface area contributed by atoms with Gasteiger partial charge in [-0.05, 0) is 44.5 Å². The number of benzene rings is 1. The Labute approximate surface area is 133 Å². The Morgan fingerprint density at radius 1 is 1.26 bits per heavy atom. The average molecular weight is 345 g/mol. The van der Waals surface area contributed by atoms with Gasteiger partial charge in [-0.3, -0.25) is 9.40 Å². The highest BCUT2D eigenvalue weighted by molar-refractivity contribution is 7.92. The molecule has 0 saturated carbocycles. The van der Waals surface area contributed by atoms with E-state index in [2.05, 4.69) is 14.6 Å². The maximum absolute atomic E-state index is 12.6. The third-order valence-electron chi connectivity index (χ3n) is 3.38. The second kappa shape index (κ2) is 6.15. The quantitative estimate of drug-likeness (QED) is 0.904. The first-order chi connectivity index (χ1) is 10.6. The number of anilines is 1.